The fourth-order valence-corrected chi connectivity index (χ4v) is 2.88. The minimum Gasteiger partial charge on any atom is -0.426 e. The van der Waals surface area contributed by atoms with Crippen LogP contribution in [-0.2, 0) is 11.2 Å². The summed E-state index contributed by atoms with van der Waals surface area (Å²) in [6.45, 7) is 5.81. The molecule has 0 saturated heterocycles. The van der Waals surface area contributed by atoms with E-state index in [4.69, 9.17) is 0 Å². The second-order valence-electron chi connectivity index (χ2n) is 8.10. The first-order valence-electron chi connectivity index (χ1n) is 9.43. The maximum Gasteiger partial charge on any atom is 0.475 e. The zero-order chi connectivity index (χ0) is 21.4. The van der Waals surface area contributed by atoms with Gasteiger partial charge in [0.05, 0.1) is 12.1 Å². The number of hydrogen-bond acceptors (Lipinski definition) is 6. The lowest BCUT2D eigenvalue weighted by molar-refractivity contribution is -0.123. The summed E-state index contributed by atoms with van der Waals surface area (Å²) in [5.74, 6) is -1.91. The van der Waals surface area contributed by atoms with E-state index >= 15 is 0 Å². The fourth-order valence-electron chi connectivity index (χ4n) is 2.88. The molecule has 29 heavy (non-hydrogen) atoms. The van der Waals surface area contributed by atoms with E-state index in [1.54, 1.807) is 0 Å². The molecule has 8 nitrogen and oxygen atoms in total. The summed E-state index contributed by atoms with van der Waals surface area (Å²) in [6, 6.07) is 8.32. The third kappa shape index (κ3) is 7.63. The predicted octanol–water partition coefficient (Wildman–Crippen LogP) is 0.751. The van der Waals surface area contributed by atoms with E-state index in [1.165, 1.54) is 18.6 Å². The van der Waals surface area contributed by atoms with Gasteiger partial charge in [-0.3, -0.25) is 14.6 Å². The summed E-state index contributed by atoms with van der Waals surface area (Å²) in [7, 11) is -1.72. The molecule has 2 aromatic rings. The average Bonchev–Trinajstić information content (AvgIpc) is 2.67. The highest BCUT2D eigenvalue weighted by atomic mass is 16.4. The Hall–Kier alpha value is -2.78. The summed E-state index contributed by atoms with van der Waals surface area (Å²) in [5.41, 5.74) is 0.704. The Kier molecular flexibility index (Phi) is 7.87. The van der Waals surface area contributed by atoms with Crippen molar-refractivity contribution in [3.05, 3.63) is 60.2 Å². The molecule has 0 spiro atoms. The first kappa shape index (κ1) is 22.5. The Balaban J connectivity index is 2.18. The summed E-state index contributed by atoms with van der Waals surface area (Å²) >= 11 is 0. The molecular weight excluding hydrogens is 371 g/mol. The normalized spacial score (nSPS) is 13.3. The molecule has 0 aliphatic rings. The number of amides is 2. The quantitative estimate of drug-likeness (QED) is 0.487. The van der Waals surface area contributed by atoms with Crippen LogP contribution >= 0.6 is 0 Å². The van der Waals surface area contributed by atoms with Gasteiger partial charge in [0, 0.05) is 18.8 Å². The topological polar surface area (TPSA) is 124 Å². The van der Waals surface area contributed by atoms with E-state index in [0.29, 0.717) is 6.42 Å². The van der Waals surface area contributed by atoms with E-state index in [2.05, 4.69) is 20.6 Å². The zero-order valence-corrected chi connectivity index (χ0v) is 16.9. The van der Waals surface area contributed by atoms with Crippen LogP contribution in [0.25, 0.3) is 0 Å². The lowest BCUT2D eigenvalue weighted by Crippen LogP contribution is -2.55. The summed E-state index contributed by atoms with van der Waals surface area (Å²) in [4.78, 5) is 33.3. The van der Waals surface area contributed by atoms with Crippen LogP contribution in [0.1, 0.15) is 43.2 Å². The molecule has 2 rings (SSSR count). The molecule has 0 aliphatic heterocycles. The average molecular weight is 398 g/mol. The Morgan fingerprint density at radius 3 is 2.34 bits per heavy atom. The van der Waals surface area contributed by atoms with E-state index in [-0.39, 0.29) is 17.5 Å². The van der Waals surface area contributed by atoms with Crippen LogP contribution in [0.5, 0.6) is 0 Å². The molecule has 0 unspecified atom stereocenters. The molecular formula is C20H27BN4O4. The highest BCUT2D eigenvalue weighted by Gasteiger charge is 2.32. The molecule has 4 N–H and O–H groups in total. The molecule has 9 heteroatoms. The third-order valence-electron chi connectivity index (χ3n) is 4.22. The van der Waals surface area contributed by atoms with Crippen LogP contribution in [0.4, 0.5) is 0 Å². The predicted molar refractivity (Wildman–Crippen MR) is 110 cm³/mol. The zero-order valence-electron chi connectivity index (χ0n) is 16.9. The van der Waals surface area contributed by atoms with E-state index in [1.807, 2.05) is 51.1 Å². The van der Waals surface area contributed by atoms with Gasteiger partial charge in [-0.2, -0.15) is 0 Å². The largest absolute Gasteiger partial charge is 0.475 e. The lowest BCUT2D eigenvalue weighted by Gasteiger charge is -2.28. The van der Waals surface area contributed by atoms with Crippen molar-refractivity contribution in [2.45, 2.75) is 45.6 Å². The highest BCUT2D eigenvalue weighted by molar-refractivity contribution is 6.43. The lowest BCUT2D eigenvalue weighted by atomic mass is 9.71. The molecule has 0 aliphatic carbocycles. The molecule has 1 heterocycles. The molecule has 0 bridgehead atoms. The van der Waals surface area contributed by atoms with Crippen LogP contribution in [-0.4, -0.2) is 50.9 Å². The van der Waals surface area contributed by atoms with Crippen molar-refractivity contribution in [2.24, 2.45) is 5.41 Å². The number of aromatic nitrogens is 2. The van der Waals surface area contributed by atoms with Crippen molar-refractivity contribution in [2.75, 3.05) is 0 Å². The summed E-state index contributed by atoms with van der Waals surface area (Å²) in [6.07, 6.45) is 4.75. The molecule has 0 fully saturated rings. The van der Waals surface area contributed by atoms with Gasteiger partial charge in [0.15, 0.2) is 0 Å². The van der Waals surface area contributed by atoms with Gasteiger partial charge in [0.1, 0.15) is 11.7 Å². The van der Waals surface area contributed by atoms with Crippen LogP contribution in [0.15, 0.2) is 48.9 Å². The van der Waals surface area contributed by atoms with Crippen molar-refractivity contribution in [1.29, 1.82) is 0 Å². The number of carbonyl (C=O) groups excluding carboxylic acids is 2. The molecule has 1 aromatic carbocycles. The maximum absolute atomic E-state index is 12.9. The van der Waals surface area contributed by atoms with Crippen molar-refractivity contribution < 1.29 is 19.6 Å². The molecule has 154 valence electrons. The minimum atomic E-state index is -1.72. The standard InChI is InChI=1S/C20H27BN4O4/c1-20(2,3)12-17(21(28)29)25-18(26)15(11-14-7-5-4-6-8-14)24-19(27)16-13-22-9-10-23-16/h4-10,13,15,17,28-29H,11-12H2,1-3H3,(H,24,27)(H,25,26)/t15-,17-/m0/s1. The molecule has 0 saturated carbocycles. The van der Waals surface area contributed by atoms with Gasteiger partial charge < -0.3 is 20.7 Å². The SMILES string of the molecule is CC(C)(C)C[C@H](NC(=O)[C@H](Cc1ccccc1)NC(=O)c1cnccn1)B(O)O. The van der Waals surface area contributed by atoms with Gasteiger partial charge in [-0.05, 0) is 17.4 Å². The van der Waals surface area contributed by atoms with Gasteiger partial charge in [0.25, 0.3) is 5.91 Å². The van der Waals surface area contributed by atoms with Crippen LogP contribution < -0.4 is 10.6 Å². The van der Waals surface area contributed by atoms with E-state index in [9.17, 15) is 19.6 Å². The number of benzene rings is 1. The maximum atomic E-state index is 12.9. The van der Waals surface area contributed by atoms with Crippen molar-refractivity contribution in [1.82, 2.24) is 20.6 Å². The Morgan fingerprint density at radius 2 is 1.79 bits per heavy atom. The van der Waals surface area contributed by atoms with E-state index in [0.717, 1.165) is 5.56 Å². The number of rotatable bonds is 8. The molecule has 2 amide bonds. The van der Waals surface area contributed by atoms with Crippen molar-refractivity contribution >= 4 is 18.9 Å². The molecule has 1 aromatic heterocycles. The fraction of sp³-hybridized carbons (Fsp3) is 0.400. The number of hydrogen-bond donors (Lipinski definition) is 4. The second kappa shape index (κ2) is 10.1. The van der Waals surface area contributed by atoms with Crippen molar-refractivity contribution in [3.8, 4) is 0 Å². The first-order valence-corrected chi connectivity index (χ1v) is 9.43. The van der Waals surface area contributed by atoms with E-state index < -0.39 is 30.9 Å². The van der Waals surface area contributed by atoms with Crippen molar-refractivity contribution in [3.63, 3.8) is 0 Å². The Labute approximate surface area is 170 Å². The minimum absolute atomic E-state index is 0.0896. The summed E-state index contributed by atoms with van der Waals surface area (Å²) in [5, 5.41) is 24.7. The Morgan fingerprint density at radius 1 is 1.10 bits per heavy atom. The van der Waals surface area contributed by atoms with Gasteiger partial charge >= 0.3 is 7.12 Å². The number of carbonyl (C=O) groups is 2. The van der Waals surface area contributed by atoms with Gasteiger partial charge in [0.2, 0.25) is 5.91 Å². The Bertz CT molecular complexity index is 797. The monoisotopic (exact) mass is 398 g/mol. The second-order valence-corrected chi connectivity index (χ2v) is 8.10. The third-order valence-corrected chi connectivity index (χ3v) is 4.22. The van der Waals surface area contributed by atoms with Crippen LogP contribution in [0, 0.1) is 5.41 Å². The van der Waals surface area contributed by atoms with Crippen LogP contribution in [0.3, 0.4) is 0 Å². The number of nitrogens with zero attached hydrogens (tertiary/aromatic N) is 2. The van der Waals surface area contributed by atoms with Gasteiger partial charge in [-0.1, -0.05) is 51.1 Å². The molecule has 0 radical (unpaired) electrons. The van der Waals surface area contributed by atoms with Gasteiger partial charge in [-0.25, -0.2) is 4.98 Å². The smallest absolute Gasteiger partial charge is 0.426 e. The first-order chi connectivity index (χ1) is 13.7. The highest BCUT2D eigenvalue weighted by Crippen LogP contribution is 2.21. The number of nitrogens with one attached hydrogen (secondary N) is 2. The summed E-state index contributed by atoms with van der Waals surface area (Å²) < 4.78 is 0. The van der Waals surface area contributed by atoms with Crippen LogP contribution in [0.2, 0.25) is 0 Å². The van der Waals surface area contributed by atoms with Gasteiger partial charge in [-0.15, -0.1) is 0 Å². The molecule has 2 atom stereocenters.